The SMILES string of the molecule is CCc1cc(Oc2cc3nc(C)sc3cc2N)ccc1Cl. The van der Waals surface area contributed by atoms with Gasteiger partial charge in [0, 0.05) is 11.1 Å². The van der Waals surface area contributed by atoms with E-state index in [0.29, 0.717) is 11.4 Å². The summed E-state index contributed by atoms with van der Waals surface area (Å²) in [6, 6.07) is 9.42. The van der Waals surface area contributed by atoms with Crippen LogP contribution >= 0.6 is 22.9 Å². The molecule has 0 bridgehead atoms. The van der Waals surface area contributed by atoms with Crippen LogP contribution in [0.4, 0.5) is 5.69 Å². The zero-order valence-electron chi connectivity index (χ0n) is 11.8. The van der Waals surface area contributed by atoms with Gasteiger partial charge in [0.15, 0.2) is 5.75 Å². The lowest BCUT2D eigenvalue weighted by atomic mass is 10.1. The number of halogens is 1. The highest BCUT2D eigenvalue weighted by Gasteiger charge is 2.09. The van der Waals surface area contributed by atoms with Crippen molar-refractivity contribution in [1.29, 1.82) is 0 Å². The van der Waals surface area contributed by atoms with E-state index in [1.807, 2.05) is 37.3 Å². The molecule has 2 N–H and O–H groups in total. The highest BCUT2D eigenvalue weighted by atomic mass is 35.5. The molecular weight excluding hydrogens is 304 g/mol. The molecule has 0 unspecified atom stereocenters. The Morgan fingerprint density at radius 1 is 1.29 bits per heavy atom. The number of aryl methyl sites for hydroxylation is 2. The Hall–Kier alpha value is -1.78. The maximum atomic E-state index is 6.12. The highest BCUT2D eigenvalue weighted by molar-refractivity contribution is 7.18. The first-order valence-electron chi connectivity index (χ1n) is 6.69. The fraction of sp³-hybridized carbons (Fsp3) is 0.188. The molecule has 2 aromatic carbocycles. The Morgan fingerprint density at radius 3 is 2.86 bits per heavy atom. The van der Waals surface area contributed by atoms with Gasteiger partial charge in [0.2, 0.25) is 0 Å². The first-order chi connectivity index (χ1) is 10.1. The second-order valence-electron chi connectivity index (χ2n) is 4.80. The Balaban J connectivity index is 1.99. The molecule has 0 saturated heterocycles. The molecule has 0 atom stereocenters. The molecule has 0 saturated carbocycles. The number of nitrogen functional groups attached to an aromatic ring is 1. The van der Waals surface area contributed by atoms with Crippen LogP contribution in [-0.2, 0) is 6.42 Å². The molecule has 108 valence electrons. The van der Waals surface area contributed by atoms with Crippen LogP contribution in [0.25, 0.3) is 10.2 Å². The van der Waals surface area contributed by atoms with Crippen molar-refractivity contribution in [3.8, 4) is 11.5 Å². The molecule has 3 nitrogen and oxygen atoms in total. The van der Waals surface area contributed by atoms with Gasteiger partial charge in [-0.1, -0.05) is 18.5 Å². The van der Waals surface area contributed by atoms with Crippen molar-refractivity contribution >= 4 is 38.8 Å². The molecular formula is C16H15ClN2OS. The molecule has 1 aromatic heterocycles. The van der Waals surface area contributed by atoms with Crippen LogP contribution in [0.5, 0.6) is 11.5 Å². The van der Waals surface area contributed by atoms with Gasteiger partial charge in [0.1, 0.15) is 5.75 Å². The largest absolute Gasteiger partial charge is 0.455 e. The third-order valence-electron chi connectivity index (χ3n) is 3.25. The lowest BCUT2D eigenvalue weighted by molar-refractivity contribution is 0.485. The van der Waals surface area contributed by atoms with Gasteiger partial charge in [-0.25, -0.2) is 4.98 Å². The summed E-state index contributed by atoms with van der Waals surface area (Å²) in [5.41, 5.74) is 8.65. The first-order valence-corrected chi connectivity index (χ1v) is 7.89. The van der Waals surface area contributed by atoms with Gasteiger partial charge in [0.05, 0.1) is 20.9 Å². The quantitative estimate of drug-likeness (QED) is 0.675. The summed E-state index contributed by atoms with van der Waals surface area (Å²) in [7, 11) is 0. The van der Waals surface area contributed by atoms with Crippen LogP contribution in [0, 0.1) is 6.92 Å². The van der Waals surface area contributed by atoms with E-state index in [4.69, 9.17) is 22.1 Å². The number of hydrogen-bond donors (Lipinski definition) is 1. The van der Waals surface area contributed by atoms with Crippen molar-refractivity contribution in [3.63, 3.8) is 0 Å². The normalized spacial score (nSPS) is 11.0. The van der Waals surface area contributed by atoms with E-state index in [1.54, 1.807) is 11.3 Å². The zero-order valence-corrected chi connectivity index (χ0v) is 13.4. The minimum atomic E-state index is 0.610. The van der Waals surface area contributed by atoms with Crippen molar-refractivity contribution in [2.45, 2.75) is 20.3 Å². The first kappa shape index (κ1) is 14.2. The van der Waals surface area contributed by atoms with Gasteiger partial charge in [-0.2, -0.15) is 0 Å². The molecule has 5 heteroatoms. The fourth-order valence-corrected chi connectivity index (χ4v) is 3.29. The maximum absolute atomic E-state index is 6.12. The Bertz CT molecular complexity index is 813. The van der Waals surface area contributed by atoms with Crippen molar-refractivity contribution in [2.75, 3.05) is 5.73 Å². The molecule has 0 radical (unpaired) electrons. The van der Waals surface area contributed by atoms with Crippen LogP contribution in [-0.4, -0.2) is 4.98 Å². The van der Waals surface area contributed by atoms with E-state index < -0.39 is 0 Å². The fourth-order valence-electron chi connectivity index (χ4n) is 2.19. The molecule has 21 heavy (non-hydrogen) atoms. The van der Waals surface area contributed by atoms with Gasteiger partial charge in [-0.15, -0.1) is 11.3 Å². The summed E-state index contributed by atoms with van der Waals surface area (Å²) >= 11 is 7.75. The molecule has 0 aliphatic heterocycles. The molecule has 0 amide bonds. The average Bonchev–Trinajstić information content (AvgIpc) is 2.80. The molecule has 1 heterocycles. The summed E-state index contributed by atoms with van der Waals surface area (Å²) < 4.78 is 6.98. The van der Waals surface area contributed by atoms with E-state index in [0.717, 1.165) is 38.0 Å². The number of benzene rings is 2. The minimum Gasteiger partial charge on any atom is -0.455 e. The van der Waals surface area contributed by atoms with Gasteiger partial charge < -0.3 is 10.5 Å². The van der Waals surface area contributed by atoms with Crippen LogP contribution in [0.15, 0.2) is 30.3 Å². The Labute approximate surface area is 132 Å². The lowest BCUT2D eigenvalue weighted by Gasteiger charge is -2.10. The summed E-state index contributed by atoms with van der Waals surface area (Å²) in [5, 5.41) is 1.77. The molecule has 3 aromatic rings. The van der Waals surface area contributed by atoms with Crippen LogP contribution in [0.2, 0.25) is 5.02 Å². The number of rotatable bonds is 3. The van der Waals surface area contributed by atoms with Crippen molar-refractivity contribution in [2.24, 2.45) is 0 Å². The number of thiazole rings is 1. The smallest absolute Gasteiger partial charge is 0.152 e. The van der Waals surface area contributed by atoms with E-state index >= 15 is 0 Å². The summed E-state index contributed by atoms with van der Waals surface area (Å²) in [6.07, 6.45) is 0.857. The van der Waals surface area contributed by atoms with Crippen LogP contribution in [0.3, 0.4) is 0 Å². The number of hydrogen-bond acceptors (Lipinski definition) is 4. The topological polar surface area (TPSA) is 48.1 Å². The molecule has 3 rings (SSSR count). The van der Waals surface area contributed by atoms with E-state index in [9.17, 15) is 0 Å². The summed E-state index contributed by atoms with van der Waals surface area (Å²) in [4.78, 5) is 4.47. The Kier molecular flexibility index (Phi) is 3.74. The van der Waals surface area contributed by atoms with Crippen molar-refractivity contribution in [3.05, 3.63) is 45.9 Å². The van der Waals surface area contributed by atoms with Gasteiger partial charge in [-0.3, -0.25) is 0 Å². The predicted molar refractivity (Wildman–Crippen MR) is 89.7 cm³/mol. The molecule has 0 aliphatic rings. The van der Waals surface area contributed by atoms with Gasteiger partial charge in [-0.05, 0) is 43.2 Å². The van der Waals surface area contributed by atoms with Crippen molar-refractivity contribution < 1.29 is 4.74 Å². The molecule has 0 aliphatic carbocycles. The number of ether oxygens (including phenoxy) is 1. The maximum Gasteiger partial charge on any atom is 0.152 e. The number of nitrogens with two attached hydrogens (primary N) is 1. The number of nitrogens with zero attached hydrogens (tertiary/aromatic N) is 1. The van der Waals surface area contributed by atoms with E-state index in [2.05, 4.69) is 11.9 Å². The van der Waals surface area contributed by atoms with E-state index in [1.165, 1.54) is 0 Å². The summed E-state index contributed by atoms with van der Waals surface area (Å²) in [6.45, 7) is 4.04. The molecule has 0 fully saturated rings. The third kappa shape index (κ3) is 2.82. The number of aromatic nitrogens is 1. The predicted octanol–water partition coefficient (Wildman–Crippen LogP) is 5.20. The molecule has 0 spiro atoms. The second-order valence-corrected chi connectivity index (χ2v) is 6.44. The van der Waals surface area contributed by atoms with Crippen LogP contribution < -0.4 is 10.5 Å². The monoisotopic (exact) mass is 318 g/mol. The lowest BCUT2D eigenvalue weighted by Crippen LogP contribution is -1.93. The van der Waals surface area contributed by atoms with Gasteiger partial charge >= 0.3 is 0 Å². The second kappa shape index (κ2) is 5.54. The van der Waals surface area contributed by atoms with Crippen molar-refractivity contribution in [1.82, 2.24) is 4.98 Å². The average molecular weight is 319 g/mol. The van der Waals surface area contributed by atoms with E-state index in [-0.39, 0.29) is 0 Å². The number of fused-ring (bicyclic) bond motifs is 1. The van der Waals surface area contributed by atoms with Crippen LogP contribution in [0.1, 0.15) is 17.5 Å². The number of anilines is 1. The Morgan fingerprint density at radius 2 is 2.10 bits per heavy atom. The minimum absolute atomic E-state index is 0.610. The zero-order chi connectivity index (χ0) is 15.0. The van der Waals surface area contributed by atoms with Gasteiger partial charge in [0.25, 0.3) is 0 Å². The standard InChI is InChI=1S/C16H15ClN2OS/c1-3-10-6-11(4-5-12(10)17)20-15-8-14-16(7-13(15)18)21-9(2)19-14/h4-8H,3,18H2,1-2H3. The summed E-state index contributed by atoms with van der Waals surface area (Å²) in [5.74, 6) is 1.35. The highest BCUT2D eigenvalue weighted by Crippen LogP contribution is 2.35. The third-order valence-corrected chi connectivity index (χ3v) is 4.56.